The first-order valence-corrected chi connectivity index (χ1v) is 53.3. The third kappa shape index (κ3) is 20.6. The van der Waals surface area contributed by atoms with Crippen LogP contribution in [0.1, 0.15) is 148 Å². The first-order chi connectivity index (χ1) is 71.5. The molecular formula is C106H105F2N31O3S4. The number of aromatic nitrogens is 26. The number of fused-ring (bicyclic) bond motifs is 5. The Hall–Kier alpha value is -14.9. The van der Waals surface area contributed by atoms with E-state index in [1.807, 2.05) is 140 Å². The molecular weight excluding hydrogens is 1920 g/mol. The van der Waals surface area contributed by atoms with Gasteiger partial charge in [0, 0.05) is 196 Å². The van der Waals surface area contributed by atoms with Crippen LogP contribution in [0, 0.1) is 18.6 Å². The maximum atomic E-state index is 14.2. The van der Waals surface area contributed by atoms with Gasteiger partial charge >= 0.3 is 6.01 Å². The highest BCUT2D eigenvalue weighted by molar-refractivity contribution is 7.89. The lowest BCUT2D eigenvalue weighted by Gasteiger charge is -2.31. The van der Waals surface area contributed by atoms with Crippen LogP contribution in [0.5, 0.6) is 6.01 Å². The van der Waals surface area contributed by atoms with Crippen molar-refractivity contribution in [3.05, 3.63) is 302 Å². The van der Waals surface area contributed by atoms with Crippen molar-refractivity contribution in [2.75, 3.05) is 73.6 Å². The summed E-state index contributed by atoms with van der Waals surface area (Å²) in [6.45, 7) is 13.2. The maximum absolute atomic E-state index is 14.2. The summed E-state index contributed by atoms with van der Waals surface area (Å²) in [7, 11) is 1.11. The van der Waals surface area contributed by atoms with Crippen molar-refractivity contribution in [2.24, 2.45) is 0 Å². The summed E-state index contributed by atoms with van der Waals surface area (Å²) in [6.07, 6.45) is 26.6. The molecule has 7 aromatic carbocycles. The molecule has 0 amide bonds. The molecule has 26 rings (SSSR count). The molecule has 34 nitrogen and oxygen atoms in total. The molecule has 0 radical (unpaired) electrons. The molecule has 5 aliphatic rings. The van der Waals surface area contributed by atoms with E-state index in [0.717, 1.165) is 261 Å². The number of H-pyrrole nitrogens is 5. The zero-order chi connectivity index (χ0) is 98.9. The van der Waals surface area contributed by atoms with Crippen molar-refractivity contribution >= 4 is 98.5 Å². The highest BCUT2D eigenvalue weighted by Gasteiger charge is 2.33. The second-order valence-electron chi connectivity index (χ2n) is 38.3. The van der Waals surface area contributed by atoms with Gasteiger partial charge in [0.05, 0.1) is 121 Å². The van der Waals surface area contributed by atoms with Gasteiger partial charge in [0.1, 0.15) is 28.8 Å². The quantitative estimate of drug-likeness (QED) is 0.0375. The van der Waals surface area contributed by atoms with Crippen LogP contribution in [0.15, 0.2) is 240 Å². The number of likely N-dealkylation sites (tertiary alicyclic amines) is 4. The summed E-state index contributed by atoms with van der Waals surface area (Å²) in [5.41, 5.74) is 20.3. The van der Waals surface area contributed by atoms with Crippen LogP contribution in [-0.4, -0.2) is 237 Å². The fourth-order valence-electron chi connectivity index (χ4n) is 20.2. The maximum Gasteiger partial charge on any atom is 0.316 e. The number of rotatable bonds is 24. The summed E-state index contributed by atoms with van der Waals surface area (Å²) in [6, 6.07) is 54.7. The van der Waals surface area contributed by atoms with Gasteiger partial charge in [0.15, 0.2) is 0 Å². The number of methoxy groups -OCH3 is 1. The molecule has 40 heteroatoms. The predicted molar refractivity (Wildman–Crippen MR) is 559 cm³/mol. The van der Waals surface area contributed by atoms with Crippen LogP contribution >= 0.6 is 34.0 Å². The molecule has 21 aromatic rings. The molecule has 4 atom stereocenters. The van der Waals surface area contributed by atoms with E-state index >= 15 is 0 Å². The molecule has 146 heavy (non-hydrogen) atoms. The number of hydrogen-bond donors (Lipinski definition) is 5. The van der Waals surface area contributed by atoms with Crippen molar-refractivity contribution < 1.29 is 21.9 Å². The molecule has 4 saturated heterocycles. The second-order valence-corrected chi connectivity index (χ2v) is 43.5. The zero-order valence-corrected chi connectivity index (χ0v) is 84.0. The molecule has 5 fully saturated rings. The normalized spacial score (nSPS) is 17.3. The van der Waals surface area contributed by atoms with Gasteiger partial charge in [-0.05, 0) is 241 Å². The molecule has 1 saturated carbocycles. The van der Waals surface area contributed by atoms with Crippen LogP contribution in [0.2, 0.25) is 0 Å². The number of nitrogens with zero attached hydrogens (tertiary/aromatic N) is 26. The highest BCUT2D eigenvalue weighted by Crippen LogP contribution is 2.41. The Kier molecular flexibility index (Phi) is 27.0. The van der Waals surface area contributed by atoms with Crippen molar-refractivity contribution in [2.45, 2.75) is 132 Å². The molecule has 740 valence electrons. The average Bonchev–Trinajstić information content (AvgIpc) is 1.60. The topological polar surface area (TPSA) is 377 Å². The monoisotopic (exact) mass is 2030 g/mol. The van der Waals surface area contributed by atoms with Crippen molar-refractivity contribution in [3.8, 4) is 73.8 Å². The Balaban J connectivity index is 0.000000108. The van der Waals surface area contributed by atoms with Gasteiger partial charge in [0.25, 0.3) is 0 Å². The molecule has 4 aliphatic heterocycles. The lowest BCUT2D eigenvalue weighted by atomic mass is 9.95. The minimum atomic E-state index is -3.49. The number of piperidine rings is 4. The van der Waals surface area contributed by atoms with E-state index < -0.39 is 21.7 Å². The number of thiophene rings is 3. The lowest BCUT2D eigenvalue weighted by Crippen LogP contribution is -2.34. The Labute approximate surface area is 850 Å². The summed E-state index contributed by atoms with van der Waals surface area (Å²) in [5.74, 6) is 1.79. The van der Waals surface area contributed by atoms with Gasteiger partial charge < -0.3 is 4.74 Å². The summed E-state index contributed by atoms with van der Waals surface area (Å²) in [5, 5.41) is 85.3. The third-order valence-corrected chi connectivity index (χ3v) is 32.6. The van der Waals surface area contributed by atoms with Gasteiger partial charge in [-0.1, -0.05) is 63.3 Å². The van der Waals surface area contributed by atoms with E-state index in [4.69, 9.17) is 4.74 Å². The van der Waals surface area contributed by atoms with Crippen LogP contribution < -0.4 is 4.74 Å². The van der Waals surface area contributed by atoms with Gasteiger partial charge in [0.2, 0.25) is 10.0 Å². The second kappa shape index (κ2) is 41.7. The van der Waals surface area contributed by atoms with Gasteiger partial charge in [-0.25, -0.2) is 60.2 Å². The Bertz CT molecular complexity index is 8210. The number of hydrogen-bond acceptors (Lipinski definition) is 27. The number of aromatic amines is 5. The Morgan fingerprint density at radius 1 is 0.390 bits per heavy atom. The van der Waals surface area contributed by atoms with Gasteiger partial charge in [-0.2, -0.15) is 25.5 Å². The molecule has 0 unspecified atom stereocenters. The minimum Gasteiger partial charge on any atom is -0.467 e. The molecule has 18 heterocycles. The van der Waals surface area contributed by atoms with E-state index in [9.17, 15) is 17.2 Å². The average molecular weight is 2030 g/mol. The van der Waals surface area contributed by atoms with Crippen molar-refractivity contribution in [1.82, 2.24) is 155 Å². The molecule has 0 spiro atoms. The predicted octanol–water partition coefficient (Wildman–Crippen LogP) is 19.1. The van der Waals surface area contributed by atoms with E-state index in [1.54, 1.807) is 48.5 Å². The van der Waals surface area contributed by atoms with E-state index in [1.165, 1.54) is 76.9 Å². The number of aryl methyl sites for hydroxylation is 1. The number of nitrogens with one attached hydrogen (secondary N) is 5. The lowest BCUT2D eigenvalue weighted by molar-refractivity contribution is 0.194. The summed E-state index contributed by atoms with van der Waals surface area (Å²) < 4.78 is 66.9. The van der Waals surface area contributed by atoms with Gasteiger partial charge in [-0.15, -0.1) is 54.4 Å². The van der Waals surface area contributed by atoms with Crippen molar-refractivity contribution in [1.29, 1.82) is 0 Å². The molecule has 14 aromatic heterocycles. The summed E-state index contributed by atoms with van der Waals surface area (Å²) in [4.78, 5) is 31.7. The minimum absolute atomic E-state index is 0.119. The Morgan fingerprint density at radius 3 is 1.13 bits per heavy atom. The number of ether oxygens (including phenoxy) is 1. The van der Waals surface area contributed by atoms with E-state index in [0.29, 0.717) is 36.2 Å². The fourth-order valence-corrected chi connectivity index (χ4v) is 23.3. The number of benzene rings is 7. The smallest absolute Gasteiger partial charge is 0.316 e. The summed E-state index contributed by atoms with van der Waals surface area (Å²) >= 11 is 5.46. The van der Waals surface area contributed by atoms with Crippen LogP contribution in [0.4, 0.5) is 8.78 Å². The van der Waals surface area contributed by atoms with Crippen LogP contribution in [0.25, 0.3) is 122 Å². The number of sulfonamides is 1. The third-order valence-electron chi connectivity index (χ3n) is 28.2. The van der Waals surface area contributed by atoms with E-state index in [2.05, 4.69) is 227 Å². The van der Waals surface area contributed by atoms with Crippen LogP contribution in [-0.2, 0) is 36.2 Å². The zero-order valence-electron chi connectivity index (χ0n) is 80.7. The van der Waals surface area contributed by atoms with E-state index in [-0.39, 0.29) is 22.9 Å². The molecule has 5 N–H and O–H groups in total. The first-order valence-electron chi connectivity index (χ1n) is 49.2. The Morgan fingerprint density at radius 2 is 0.760 bits per heavy atom. The SMILES string of the molecule is CN(C)S(=O)(=O)c1ccc(-c2n[nH]c3ccc(-n4cc([C@@H]5CCCN(Cc6cccs6)C5)nn4)cc23)cc1.COc1ncc(-c2n[nH]c3ccc(-n4cc([C@@H]5CCCN(Cc6cccs6)C5)nn4)cc23)cn1.Cc1[nH]nc2ccc(-c3n[nH]c4ccc(-n5cc([C@@H]6CCCN(Cc7c(F)cccc7F)C6)nn5)cc34)cc12.c1csc(CN2CCC[C@@H](c3cn(-c4ccc5[nH]nc(-c6cnc(C7CC7)nc6)c5c4)nn3)C2)c1. The largest absolute Gasteiger partial charge is 0.467 e. The molecule has 1 aliphatic carbocycles. The molecule has 0 bridgehead atoms. The van der Waals surface area contributed by atoms with Gasteiger partial charge in [-0.3, -0.25) is 45.1 Å². The van der Waals surface area contributed by atoms with Crippen molar-refractivity contribution in [3.63, 3.8) is 0 Å². The fraction of sp³-hybridized carbons (Fsp3) is 0.292. The first kappa shape index (κ1) is 94.7. The number of halogens is 2. The van der Waals surface area contributed by atoms with Crippen LogP contribution in [0.3, 0.4) is 0 Å². The highest BCUT2D eigenvalue weighted by atomic mass is 32.2. The standard InChI is InChI=1S/C29H26F2N8.C27H29N7O2S2.C26H26N8S.C24H24N8OS/c1-17-21-12-18(7-9-26(21)33-32-17)29-22-13-20(8-10-27(22)34-36-29)39-16-28(35-37-39)19-4-3-11-38(14-19)15-23-24(30)5-2-6-25(23)31;1-32(2)38(35,36)23-10-7-19(8-11-23)27-24-15-21(9-12-25(24)28-30-27)34-18-26(29-31-34)20-5-3-13-33(16-20)17-22-6-4-14-37-22;1-3-18(14-33(9-1)15-21-4-2-10-35-21)24-16-34(32-30-24)20-7-8-23-22(11-20)25(31-29-23)19-12-27-26(28-13-19)17-5-6-17;1-33-24-25-11-17(12-26-24)23-20-10-18(6-7-21(20)27-29-23)32-15-22(28-30-32)16-4-2-8-31(13-16)14-19-5-3-9-34-19/h2,5-10,12-13,16,19H,3-4,11,14-15H2,1H3,(H,32,33)(H,34,36);4,6-12,14-15,18,20H,3,5,13,16-17H2,1-2H3,(H,28,30);2,4,7-8,10-13,16-18H,1,3,5-6,9,14-15H2,(H,29,31);3,5-7,9-12,15-16H,2,4,8,13-14H2,1H3,(H,27,29)/t19-;20-;18-;16-/m1111/s1.